The van der Waals surface area contributed by atoms with Crippen molar-refractivity contribution in [3.8, 4) is 11.1 Å². The summed E-state index contributed by atoms with van der Waals surface area (Å²) < 4.78 is 0. The van der Waals surface area contributed by atoms with Crippen LogP contribution < -0.4 is 5.32 Å². The van der Waals surface area contributed by atoms with Gasteiger partial charge in [-0.05, 0) is 58.9 Å². The number of anilines is 1. The van der Waals surface area contributed by atoms with E-state index >= 15 is 0 Å². The number of hydrogen-bond acceptors (Lipinski definition) is 2. The van der Waals surface area contributed by atoms with Gasteiger partial charge in [0.1, 0.15) is 0 Å². The van der Waals surface area contributed by atoms with Crippen molar-refractivity contribution in [3.63, 3.8) is 0 Å². The van der Waals surface area contributed by atoms with E-state index in [1.165, 1.54) is 27.9 Å². The van der Waals surface area contributed by atoms with E-state index in [0.29, 0.717) is 17.9 Å². The zero-order valence-electron chi connectivity index (χ0n) is 14.0. The molecule has 2 heteroatoms. The first kappa shape index (κ1) is 14.5. The van der Waals surface area contributed by atoms with E-state index in [0.717, 1.165) is 6.42 Å². The molecule has 1 aliphatic heterocycles. The fourth-order valence-corrected chi connectivity index (χ4v) is 4.31. The lowest BCUT2D eigenvalue weighted by Crippen LogP contribution is -2.29. The van der Waals surface area contributed by atoms with E-state index in [1.807, 2.05) is 12.4 Å². The average molecular weight is 324 g/mol. The Morgan fingerprint density at radius 3 is 2.56 bits per heavy atom. The van der Waals surface area contributed by atoms with Crippen molar-refractivity contribution in [1.29, 1.82) is 0 Å². The highest BCUT2D eigenvalue weighted by molar-refractivity contribution is 5.71. The minimum Gasteiger partial charge on any atom is -0.378 e. The molecule has 0 radical (unpaired) electrons. The van der Waals surface area contributed by atoms with E-state index in [9.17, 15) is 0 Å². The van der Waals surface area contributed by atoms with Gasteiger partial charge in [0, 0.05) is 24.0 Å². The third-order valence-corrected chi connectivity index (χ3v) is 5.54. The van der Waals surface area contributed by atoms with Crippen molar-refractivity contribution < 1.29 is 0 Å². The number of pyridine rings is 1. The summed E-state index contributed by atoms with van der Waals surface area (Å²) in [6.07, 6.45) is 9.65. The number of hydrogen-bond donors (Lipinski definition) is 1. The molecular formula is C23H20N2. The summed E-state index contributed by atoms with van der Waals surface area (Å²) in [7, 11) is 0. The molecule has 0 unspecified atom stereocenters. The van der Waals surface area contributed by atoms with Crippen LogP contribution in [0.4, 0.5) is 5.69 Å². The first-order valence-corrected chi connectivity index (χ1v) is 8.92. The molecule has 1 aromatic heterocycles. The van der Waals surface area contributed by atoms with Gasteiger partial charge in [0.15, 0.2) is 0 Å². The van der Waals surface area contributed by atoms with Crippen LogP contribution in [-0.4, -0.2) is 4.98 Å². The molecule has 25 heavy (non-hydrogen) atoms. The second-order valence-corrected chi connectivity index (χ2v) is 6.92. The Kier molecular flexibility index (Phi) is 3.41. The van der Waals surface area contributed by atoms with E-state index in [-0.39, 0.29) is 0 Å². The molecule has 2 heterocycles. The second-order valence-electron chi connectivity index (χ2n) is 6.92. The molecule has 2 aromatic carbocycles. The highest BCUT2D eigenvalue weighted by atomic mass is 15.0. The largest absolute Gasteiger partial charge is 0.378 e. The van der Waals surface area contributed by atoms with E-state index in [1.54, 1.807) is 0 Å². The minimum atomic E-state index is 0.345. The Labute approximate surface area is 148 Å². The van der Waals surface area contributed by atoms with Crippen molar-refractivity contribution >= 4 is 5.69 Å². The van der Waals surface area contributed by atoms with Gasteiger partial charge in [0.05, 0.1) is 6.04 Å². The SMILES string of the molecule is C1=C[C@@H]2c3cc(-c4ccccc4)ccc3N[C@H](c3ccncc3)[C@H]2C1. The van der Waals surface area contributed by atoms with E-state index in [4.69, 9.17) is 0 Å². The lowest BCUT2D eigenvalue weighted by molar-refractivity contribution is 0.425. The molecule has 2 nitrogen and oxygen atoms in total. The Morgan fingerprint density at radius 1 is 0.880 bits per heavy atom. The lowest BCUT2D eigenvalue weighted by Gasteiger charge is -2.37. The zero-order valence-corrected chi connectivity index (χ0v) is 14.0. The Bertz CT molecular complexity index is 915. The smallest absolute Gasteiger partial charge is 0.0555 e. The number of rotatable bonds is 2. The molecule has 0 saturated heterocycles. The van der Waals surface area contributed by atoms with Crippen molar-refractivity contribution in [1.82, 2.24) is 4.98 Å². The van der Waals surface area contributed by atoms with Gasteiger partial charge in [0.2, 0.25) is 0 Å². The Balaban J connectivity index is 1.58. The molecule has 1 N–H and O–H groups in total. The van der Waals surface area contributed by atoms with E-state index < -0.39 is 0 Å². The average Bonchev–Trinajstić information content (AvgIpc) is 3.18. The second kappa shape index (κ2) is 5.89. The van der Waals surface area contributed by atoms with Crippen LogP contribution in [0.5, 0.6) is 0 Å². The quantitative estimate of drug-likeness (QED) is 0.623. The summed E-state index contributed by atoms with van der Waals surface area (Å²) in [4.78, 5) is 4.17. The summed E-state index contributed by atoms with van der Waals surface area (Å²) >= 11 is 0. The van der Waals surface area contributed by atoms with Crippen LogP contribution >= 0.6 is 0 Å². The van der Waals surface area contributed by atoms with Gasteiger partial charge in [-0.15, -0.1) is 0 Å². The molecule has 0 saturated carbocycles. The van der Waals surface area contributed by atoms with Crippen molar-refractivity contribution in [3.05, 3.63) is 96.3 Å². The standard InChI is InChI=1S/C23H20N2/c1-2-5-16(6-3-1)18-9-10-22-21(15-18)19-7-4-8-20(19)23(25-22)17-11-13-24-14-12-17/h1-7,9-15,19-20,23,25H,8H2/t19-,20-,23+/m0/s1. The molecule has 5 rings (SSSR count). The molecule has 0 fully saturated rings. The summed E-state index contributed by atoms with van der Waals surface area (Å²) in [5.41, 5.74) is 6.58. The van der Waals surface area contributed by atoms with Crippen molar-refractivity contribution in [2.45, 2.75) is 18.4 Å². The van der Waals surface area contributed by atoms with Crippen LogP contribution in [-0.2, 0) is 0 Å². The topological polar surface area (TPSA) is 24.9 Å². The summed E-state index contributed by atoms with van der Waals surface area (Å²) in [6, 6.07) is 22.1. The third kappa shape index (κ3) is 2.45. The molecule has 1 aliphatic carbocycles. The van der Waals surface area contributed by atoms with Gasteiger partial charge >= 0.3 is 0 Å². The summed E-state index contributed by atoms with van der Waals surface area (Å²) in [5.74, 6) is 1.05. The number of benzene rings is 2. The normalized spacial score (nSPS) is 23.6. The molecule has 3 atom stereocenters. The maximum atomic E-state index is 4.17. The molecule has 0 amide bonds. The maximum Gasteiger partial charge on any atom is 0.0555 e. The summed E-state index contributed by atoms with van der Waals surface area (Å²) in [6.45, 7) is 0. The lowest BCUT2D eigenvalue weighted by atomic mass is 9.76. The number of nitrogens with one attached hydrogen (secondary N) is 1. The molecule has 122 valence electrons. The van der Waals surface area contributed by atoms with E-state index in [2.05, 4.69) is 83.1 Å². The van der Waals surface area contributed by atoms with Crippen molar-refractivity contribution in [2.75, 3.05) is 5.32 Å². The predicted molar refractivity (Wildman–Crippen MR) is 102 cm³/mol. The predicted octanol–water partition coefficient (Wildman–Crippen LogP) is 5.58. The van der Waals surface area contributed by atoms with Gasteiger partial charge < -0.3 is 5.32 Å². The van der Waals surface area contributed by atoms with Crippen LogP contribution in [0.25, 0.3) is 11.1 Å². The number of allylic oxidation sites excluding steroid dienone is 2. The third-order valence-electron chi connectivity index (χ3n) is 5.54. The molecule has 0 spiro atoms. The number of fused-ring (bicyclic) bond motifs is 3. The van der Waals surface area contributed by atoms with Crippen molar-refractivity contribution in [2.24, 2.45) is 5.92 Å². The highest BCUT2D eigenvalue weighted by Gasteiger charge is 2.37. The molecular weight excluding hydrogens is 304 g/mol. The van der Waals surface area contributed by atoms with Gasteiger partial charge in [-0.25, -0.2) is 0 Å². The summed E-state index contributed by atoms with van der Waals surface area (Å²) in [5, 5.41) is 3.80. The van der Waals surface area contributed by atoms with Gasteiger partial charge in [0.25, 0.3) is 0 Å². The van der Waals surface area contributed by atoms with Gasteiger partial charge in [-0.2, -0.15) is 0 Å². The monoisotopic (exact) mass is 324 g/mol. The first-order chi connectivity index (χ1) is 12.4. The van der Waals surface area contributed by atoms with Crippen LogP contribution in [0.1, 0.15) is 29.5 Å². The fourth-order valence-electron chi connectivity index (χ4n) is 4.31. The Morgan fingerprint density at radius 2 is 1.72 bits per heavy atom. The molecule has 2 aliphatic rings. The van der Waals surface area contributed by atoms with Crippen LogP contribution in [0.2, 0.25) is 0 Å². The molecule has 3 aromatic rings. The van der Waals surface area contributed by atoms with Crippen LogP contribution in [0.3, 0.4) is 0 Å². The number of aromatic nitrogens is 1. The minimum absolute atomic E-state index is 0.345. The Hall–Kier alpha value is -2.87. The maximum absolute atomic E-state index is 4.17. The van der Waals surface area contributed by atoms with Crippen LogP contribution in [0.15, 0.2) is 85.2 Å². The first-order valence-electron chi connectivity index (χ1n) is 8.92. The fraction of sp³-hybridized carbons (Fsp3) is 0.174. The highest BCUT2D eigenvalue weighted by Crippen LogP contribution is 2.50. The zero-order chi connectivity index (χ0) is 16.6. The van der Waals surface area contributed by atoms with Crippen LogP contribution in [0, 0.1) is 5.92 Å². The molecule has 0 bridgehead atoms. The van der Waals surface area contributed by atoms with Gasteiger partial charge in [-0.3, -0.25) is 4.98 Å². The van der Waals surface area contributed by atoms with Gasteiger partial charge in [-0.1, -0.05) is 48.6 Å². The number of nitrogens with zero attached hydrogens (tertiary/aromatic N) is 1.